The van der Waals surface area contributed by atoms with Gasteiger partial charge in [-0.25, -0.2) is 0 Å². The number of nitrogens with zero attached hydrogens (tertiary/aromatic N) is 1. The smallest absolute Gasteiger partial charge is 0.261 e. The number of nitrogens with two attached hydrogens (primary N) is 1. The zero-order chi connectivity index (χ0) is 15.6. The summed E-state index contributed by atoms with van der Waals surface area (Å²) in [5, 5.41) is 0. The molecule has 0 unspecified atom stereocenters. The summed E-state index contributed by atoms with van der Waals surface area (Å²) in [6, 6.07) is 9.17. The van der Waals surface area contributed by atoms with Crippen LogP contribution in [0.3, 0.4) is 0 Å². The van der Waals surface area contributed by atoms with E-state index in [0.717, 1.165) is 21.5 Å². The number of pyridine rings is 1. The molecule has 1 heterocycles. The third kappa shape index (κ3) is 3.33. The Morgan fingerprint density at radius 1 is 1.38 bits per heavy atom. The van der Waals surface area contributed by atoms with Gasteiger partial charge in [-0.3, -0.25) is 4.79 Å². The van der Waals surface area contributed by atoms with Crippen molar-refractivity contribution in [3.63, 3.8) is 0 Å². The molecule has 0 spiro atoms. The van der Waals surface area contributed by atoms with E-state index in [-0.39, 0.29) is 10.5 Å². The van der Waals surface area contributed by atoms with E-state index in [9.17, 15) is 4.79 Å². The van der Waals surface area contributed by atoms with Crippen molar-refractivity contribution in [1.82, 2.24) is 4.57 Å². The highest BCUT2D eigenvalue weighted by molar-refractivity contribution is 9.10. The van der Waals surface area contributed by atoms with E-state index < -0.39 is 0 Å². The van der Waals surface area contributed by atoms with Gasteiger partial charge >= 0.3 is 0 Å². The third-order valence-corrected chi connectivity index (χ3v) is 3.94. The van der Waals surface area contributed by atoms with Gasteiger partial charge in [-0.1, -0.05) is 28.1 Å². The van der Waals surface area contributed by atoms with Gasteiger partial charge in [0.15, 0.2) is 0 Å². The average molecular weight is 367 g/mol. The Morgan fingerprint density at radius 3 is 2.71 bits per heavy atom. The molecule has 0 saturated heterocycles. The lowest BCUT2D eigenvalue weighted by atomic mass is 10.1. The number of aromatic nitrogens is 1. The molecule has 0 aliphatic carbocycles. The van der Waals surface area contributed by atoms with Crippen molar-refractivity contribution in [3.8, 4) is 5.75 Å². The number of rotatable bonds is 4. The average Bonchev–Trinajstić information content (AvgIpc) is 2.43. The molecular formula is C15H15BrN2O2S. The molecule has 0 aliphatic heterocycles. The number of thiocarbonyl (C=S) groups is 1. The number of benzene rings is 1. The van der Waals surface area contributed by atoms with Crippen LogP contribution in [-0.4, -0.2) is 16.7 Å². The first-order valence-corrected chi connectivity index (χ1v) is 7.47. The zero-order valence-corrected chi connectivity index (χ0v) is 14.1. The van der Waals surface area contributed by atoms with E-state index in [1.807, 2.05) is 31.2 Å². The molecule has 0 fully saturated rings. The van der Waals surface area contributed by atoms with Crippen molar-refractivity contribution in [1.29, 1.82) is 0 Å². The van der Waals surface area contributed by atoms with Crippen LogP contribution in [0.1, 0.15) is 16.8 Å². The maximum absolute atomic E-state index is 12.5. The highest BCUT2D eigenvalue weighted by Crippen LogP contribution is 2.23. The first kappa shape index (κ1) is 15.7. The van der Waals surface area contributed by atoms with Gasteiger partial charge in [0.2, 0.25) is 0 Å². The number of hydrogen-bond acceptors (Lipinski definition) is 3. The summed E-state index contributed by atoms with van der Waals surface area (Å²) in [6.45, 7) is 2.26. The summed E-state index contributed by atoms with van der Waals surface area (Å²) in [4.78, 5) is 12.6. The van der Waals surface area contributed by atoms with E-state index in [1.165, 1.54) is 0 Å². The van der Waals surface area contributed by atoms with Crippen LogP contribution < -0.4 is 16.0 Å². The monoisotopic (exact) mass is 366 g/mol. The lowest BCUT2D eigenvalue weighted by Gasteiger charge is -2.14. The standard InChI is InChI=1S/C15H15BrN2O2S/c1-9-3-5-12(14(17)21)15(19)18(9)8-10-7-11(16)4-6-13(10)20-2/h3-7H,8H2,1-2H3,(H2,17,21). The van der Waals surface area contributed by atoms with Crippen LogP contribution in [0.4, 0.5) is 0 Å². The molecule has 2 rings (SSSR count). The summed E-state index contributed by atoms with van der Waals surface area (Å²) in [5.74, 6) is 0.727. The van der Waals surface area contributed by atoms with Crippen LogP contribution >= 0.6 is 28.1 Å². The highest BCUT2D eigenvalue weighted by Gasteiger charge is 2.11. The van der Waals surface area contributed by atoms with Crippen molar-refractivity contribution in [2.45, 2.75) is 13.5 Å². The predicted octanol–water partition coefficient (Wildman–Crippen LogP) is 2.61. The van der Waals surface area contributed by atoms with Gasteiger partial charge in [-0.05, 0) is 37.3 Å². The first-order valence-electron chi connectivity index (χ1n) is 6.26. The molecule has 0 aliphatic rings. The van der Waals surface area contributed by atoms with Gasteiger partial charge in [0, 0.05) is 15.7 Å². The quantitative estimate of drug-likeness (QED) is 0.845. The van der Waals surface area contributed by atoms with Crippen LogP contribution in [0.25, 0.3) is 0 Å². The molecule has 0 radical (unpaired) electrons. The summed E-state index contributed by atoms with van der Waals surface area (Å²) in [6.07, 6.45) is 0. The molecule has 1 aromatic carbocycles. The normalized spacial score (nSPS) is 10.4. The third-order valence-electron chi connectivity index (χ3n) is 3.23. The van der Waals surface area contributed by atoms with Gasteiger partial charge in [0.25, 0.3) is 5.56 Å². The Labute approximate surface area is 136 Å². The maximum atomic E-state index is 12.5. The van der Waals surface area contributed by atoms with Crippen LogP contribution in [0, 0.1) is 6.92 Å². The van der Waals surface area contributed by atoms with Gasteiger partial charge in [-0.15, -0.1) is 0 Å². The second-order valence-corrected chi connectivity index (χ2v) is 5.96. The van der Waals surface area contributed by atoms with Crippen molar-refractivity contribution >= 4 is 33.1 Å². The summed E-state index contributed by atoms with van der Waals surface area (Å²) < 4.78 is 7.91. The lowest BCUT2D eigenvalue weighted by Crippen LogP contribution is -2.30. The van der Waals surface area contributed by atoms with Crippen molar-refractivity contribution in [3.05, 3.63) is 62.0 Å². The SMILES string of the molecule is COc1ccc(Br)cc1Cn1c(C)ccc(C(N)=S)c1=O. The van der Waals surface area contributed by atoms with Gasteiger partial charge < -0.3 is 15.0 Å². The topological polar surface area (TPSA) is 57.2 Å². The summed E-state index contributed by atoms with van der Waals surface area (Å²) >= 11 is 8.35. The number of aryl methyl sites for hydroxylation is 1. The number of halogens is 1. The van der Waals surface area contributed by atoms with Crippen LogP contribution in [0.5, 0.6) is 5.75 Å². The molecule has 6 heteroatoms. The van der Waals surface area contributed by atoms with Crippen LogP contribution in [0.2, 0.25) is 0 Å². The Balaban J connectivity index is 2.54. The van der Waals surface area contributed by atoms with Crippen molar-refractivity contribution in [2.24, 2.45) is 5.73 Å². The minimum atomic E-state index is -0.190. The number of ether oxygens (including phenoxy) is 1. The van der Waals surface area contributed by atoms with E-state index in [0.29, 0.717) is 12.1 Å². The van der Waals surface area contributed by atoms with Gasteiger partial charge in [0.1, 0.15) is 10.7 Å². The van der Waals surface area contributed by atoms with Crippen molar-refractivity contribution < 1.29 is 4.74 Å². The largest absolute Gasteiger partial charge is 0.496 e. The minimum absolute atomic E-state index is 0.106. The molecule has 0 saturated carbocycles. The summed E-state index contributed by atoms with van der Waals surface area (Å²) in [5.41, 5.74) is 7.49. The molecule has 2 N–H and O–H groups in total. The number of hydrogen-bond donors (Lipinski definition) is 1. The molecule has 0 bridgehead atoms. The Bertz CT molecular complexity index is 756. The molecule has 1 aromatic heterocycles. The second-order valence-electron chi connectivity index (χ2n) is 4.60. The fourth-order valence-corrected chi connectivity index (χ4v) is 2.66. The van der Waals surface area contributed by atoms with Gasteiger partial charge in [0.05, 0.1) is 19.2 Å². The van der Waals surface area contributed by atoms with E-state index in [1.54, 1.807) is 17.7 Å². The molecule has 110 valence electrons. The lowest BCUT2D eigenvalue weighted by molar-refractivity contribution is 0.408. The Kier molecular flexibility index (Phi) is 4.80. The van der Waals surface area contributed by atoms with Crippen LogP contribution in [-0.2, 0) is 6.54 Å². The molecule has 4 nitrogen and oxygen atoms in total. The molecule has 0 atom stereocenters. The van der Waals surface area contributed by atoms with E-state index in [2.05, 4.69) is 15.9 Å². The van der Waals surface area contributed by atoms with Crippen LogP contribution in [0.15, 0.2) is 39.6 Å². The molecule has 2 aromatic rings. The molecule has 21 heavy (non-hydrogen) atoms. The first-order chi connectivity index (χ1) is 9.93. The molecular weight excluding hydrogens is 352 g/mol. The second kappa shape index (κ2) is 6.41. The fourth-order valence-electron chi connectivity index (χ4n) is 2.10. The predicted molar refractivity (Wildman–Crippen MR) is 91.1 cm³/mol. The maximum Gasteiger partial charge on any atom is 0.261 e. The number of methoxy groups -OCH3 is 1. The van der Waals surface area contributed by atoms with E-state index in [4.69, 9.17) is 22.7 Å². The molecule has 0 amide bonds. The Morgan fingerprint density at radius 2 is 2.10 bits per heavy atom. The van der Waals surface area contributed by atoms with Crippen molar-refractivity contribution in [2.75, 3.05) is 7.11 Å². The Hall–Kier alpha value is -1.66. The zero-order valence-electron chi connectivity index (χ0n) is 11.7. The van der Waals surface area contributed by atoms with Gasteiger partial charge in [-0.2, -0.15) is 0 Å². The van der Waals surface area contributed by atoms with E-state index >= 15 is 0 Å². The minimum Gasteiger partial charge on any atom is -0.496 e. The summed E-state index contributed by atoms with van der Waals surface area (Å²) in [7, 11) is 1.60. The fraction of sp³-hybridized carbons (Fsp3) is 0.200. The highest BCUT2D eigenvalue weighted by atomic mass is 79.9.